The maximum absolute atomic E-state index is 6.27. The average molecular weight is 390 g/mol. The van der Waals surface area contributed by atoms with Gasteiger partial charge in [-0.1, -0.05) is 67.7 Å². The molecule has 25 heavy (non-hydrogen) atoms. The molecule has 0 fully saturated rings. The van der Waals surface area contributed by atoms with Crippen LogP contribution in [0.1, 0.15) is 93.4 Å². The van der Waals surface area contributed by atoms with Gasteiger partial charge in [-0.2, -0.15) is 0 Å². The van der Waals surface area contributed by atoms with Crippen LogP contribution in [-0.2, 0) is 4.43 Å². The van der Waals surface area contributed by atoms with Gasteiger partial charge in [0.15, 0.2) is 8.32 Å². The van der Waals surface area contributed by atoms with Crippen molar-refractivity contribution in [2.45, 2.75) is 111 Å². The summed E-state index contributed by atoms with van der Waals surface area (Å²) in [6.45, 7) is 16.7. The molecule has 152 valence electrons. The predicted molar refractivity (Wildman–Crippen MR) is 123 cm³/mol. The van der Waals surface area contributed by atoms with Gasteiger partial charge < -0.3 is 4.43 Å². The van der Waals surface area contributed by atoms with Crippen LogP contribution in [0.2, 0.25) is 17.1 Å². The van der Waals surface area contributed by atoms with Gasteiger partial charge in [-0.05, 0) is 42.8 Å². The van der Waals surface area contributed by atoms with Gasteiger partial charge in [0.2, 0.25) is 0 Å². The molecule has 0 heterocycles. The fourth-order valence-corrected chi connectivity index (χ4v) is 14.5. The molecule has 3 heteroatoms. The van der Waals surface area contributed by atoms with Gasteiger partial charge in [0.25, 0.3) is 0 Å². The molecule has 0 rings (SSSR count). The second kappa shape index (κ2) is 13.7. The van der Waals surface area contributed by atoms with Crippen LogP contribution in [0, 0.1) is 0 Å². The maximum atomic E-state index is 6.27. The lowest BCUT2D eigenvalue weighted by Gasteiger charge is -2.38. The van der Waals surface area contributed by atoms with Crippen molar-refractivity contribution in [3.63, 3.8) is 0 Å². The first-order chi connectivity index (χ1) is 11.8. The van der Waals surface area contributed by atoms with Crippen LogP contribution in [0.15, 0.2) is 0 Å². The largest absolute Gasteiger partial charge is 0.419 e. The van der Waals surface area contributed by atoms with Gasteiger partial charge in [-0.3, -0.25) is 0 Å². The van der Waals surface area contributed by atoms with E-state index in [1.54, 1.807) is 24.6 Å². The lowest BCUT2D eigenvalue weighted by molar-refractivity contribution is 0.369. The Bertz CT molecular complexity index is 287. The van der Waals surface area contributed by atoms with Gasteiger partial charge in [0.1, 0.15) is 0 Å². The monoisotopic (exact) mass is 389 g/mol. The Labute approximate surface area is 162 Å². The van der Waals surface area contributed by atoms with Crippen molar-refractivity contribution in [2.24, 2.45) is 0 Å². The minimum absolute atomic E-state index is 0.729. The Morgan fingerprint density at radius 3 is 1.32 bits per heavy atom. The zero-order chi connectivity index (χ0) is 19.3. The second-order valence-corrected chi connectivity index (χ2v) is 18.5. The van der Waals surface area contributed by atoms with E-state index in [-0.39, 0.29) is 0 Å². The van der Waals surface area contributed by atoms with Crippen LogP contribution in [0.3, 0.4) is 0 Å². The van der Waals surface area contributed by atoms with E-state index in [0.717, 1.165) is 11.1 Å². The summed E-state index contributed by atoms with van der Waals surface area (Å²) in [5.41, 5.74) is 1.46. The highest BCUT2D eigenvalue weighted by atomic mass is 31.2. The van der Waals surface area contributed by atoms with E-state index in [9.17, 15) is 0 Å². The van der Waals surface area contributed by atoms with Gasteiger partial charge in [0, 0.05) is 14.4 Å². The summed E-state index contributed by atoms with van der Waals surface area (Å²) in [5.74, 6) is 0. The number of rotatable bonds is 16. The Kier molecular flexibility index (Phi) is 14.1. The van der Waals surface area contributed by atoms with Crippen LogP contribution in [-0.4, -0.2) is 40.1 Å². The lowest BCUT2D eigenvalue weighted by Crippen LogP contribution is -2.43. The summed E-state index contributed by atoms with van der Waals surface area (Å²) >= 11 is 0. The van der Waals surface area contributed by atoms with Crippen LogP contribution in [0.5, 0.6) is 0 Å². The van der Waals surface area contributed by atoms with Crippen molar-refractivity contribution in [1.29, 1.82) is 0 Å². The fourth-order valence-electron chi connectivity index (χ4n) is 4.66. The summed E-state index contributed by atoms with van der Waals surface area (Å²) in [5, 5.41) is 0. The van der Waals surface area contributed by atoms with E-state index in [1.165, 1.54) is 51.0 Å². The van der Waals surface area contributed by atoms with E-state index in [2.05, 4.69) is 48.5 Å². The standard InChI is InChI=1S/C22H50OPSi/c1-9-12-16-24(17-13-10-2,18-14-11-3)19-15-20-25(23-8,21(4)5)22(6)7/h21-22H,9-20H2,1-8H3/q+1. The van der Waals surface area contributed by atoms with Crippen molar-refractivity contribution >= 4 is 15.6 Å². The van der Waals surface area contributed by atoms with Gasteiger partial charge in [-0.15, -0.1) is 0 Å². The van der Waals surface area contributed by atoms with Gasteiger partial charge in [-0.25, -0.2) is 0 Å². The first-order valence-electron chi connectivity index (χ1n) is 11.2. The van der Waals surface area contributed by atoms with Crippen molar-refractivity contribution in [3.05, 3.63) is 0 Å². The smallest absolute Gasteiger partial charge is 0.197 e. The van der Waals surface area contributed by atoms with E-state index in [1.807, 2.05) is 7.11 Å². The summed E-state index contributed by atoms with van der Waals surface area (Å²) in [4.78, 5) is 0. The van der Waals surface area contributed by atoms with Crippen LogP contribution >= 0.6 is 7.26 Å². The molecule has 0 saturated heterocycles. The molecule has 0 aromatic rings. The molecule has 0 aliphatic carbocycles. The van der Waals surface area contributed by atoms with E-state index >= 15 is 0 Å². The molecule has 0 aromatic heterocycles. The molecule has 0 radical (unpaired) electrons. The summed E-state index contributed by atoms with van der Waals surface area (Å²) in [6, 6.07) is 1.38. The Morgan fingerprint density at radius 2 is 1.04 bits per heavy atom. The zero-order valence-corrected chi connectivity index (χ0v) is 20.9. The first-order valence-corrected chi connectivity index (χ1v) is 16.0. The average Bonchev–Trinajstić information content (AvgIpc) is 2.59. The first kappa shape index (κ1) is 25.6. The molecule has 1 nitrogen and oxygen atoms in total. The molecule has 0 unspecified atom stereocenters. The third-order valence-electron chi connectivity index (χ3n) is 6.49. The molecule has 0 bridgehead atoms. The van der Waals surface area contributed by atoms with Gasteiger partial charge >= 0.3 is 0 Å². The van der Waals surface area contributed by atoms with Crippen molar-refractivity contribution in [3.8, 4) is 0 Å². The molecule has 0 spiro atoms. The fraction of sp³-hybridized carbons (Fsp3) is 1.00. The van der Waals surface area contributed by atoms with E-state index < -0.39 is 15.6 Å². The summed E-state index contributed by atoms with van der Waals surface area (Å²) < 4.78 is 6.27. The zero-order valence-electron chi connectivity index (χ0n) is 19.0. The molecule has 0 aliphatic rings. The normalized spacial score (nSPS) is 13.2. The van der Waals surface area contributed by atoms with Crippen LogP contribution in [0.25, 0.3) is 0 Å². The quantitative estimate of drug-likeness (QED) is 0.191. The molecule has 0 aromatic carbocycles. The highest BCUT2D eigenvalue weighted by Crippen LogP contribution is 2.61. The predicted octanol–water partition coefficient (Wildman–Crippen LogP) is 8.21. The van der Waals surface area contributed by atoms with Crippen LogP contribution < -0.4 is 0 Å². The third-order valence-corrected chi connectivity index (χ3v) is 17.4. The molecule has 0 saturated carbocycles. The number of unbranched alkanes of at least 4 members (excludes halogenated alkanes) is 3. The highest BCUT2D eigenvalue weighted by Gasteiger charge is 2.42. The minimum Gasteiger partial charge on any atom is -0.419 e. The minimum atomic E-state index is -1.60. The lowest BCUT2D eigenvalue weighted by atomic mass is 10.4. The Hall–Kier alpha value is 0.607. The second-order valence-electron chi connectivity index (χ2n) is 8.87. The molecule has 0 aliphatic heterocycles. The van der Waals surface area contributed by atoms with Crippen molar-refractivity contribution in [2.75, 3.05) is 31.8 Å². The maximum Gasteiger partial charge on any atom is 0.197 e. The van der Waals surface area contributed by atoms with Crippen molar-refractivity contribution < 1.29 is 4.43 Å². The van der Waals surface area contributed by atoms with Crippen LogP contribution in [0.4, 0.5) is 0 Å². The Morgan fingerprint density at radius 1 is 0.680 bits per heavy atom. The van der Waals surface area contributed by atoms with E-state index in [4.69, 9.17) is 4.43 Å². The highest BCUT2D eigenvalue weighted by molar-refractivity contribution is 7.75. The Balaban J connectivity index is 5.07. The molecule has 0 amide bonds. The molecular weight excluding hydrogens is 339 g/mol. The van der Waals surface area contributed by atoms with E-state index in [0.29, 0.717) is 0 Å². The SMILES string of the molecule is CCCC[P+](CCCC)(CCCC)CCC[Si](OC)(C(C)C)C(C)C. The summed E-state index contributed by atoms with van der Waals surface area (Å²) in [6.07, 6.45) is 16.2. The molecule has 0 atom stereocenters. The topological polar surface area (TPSA) is 9.23 Å². The third kappa shape index (κ3) is 8.44. The molecular formula is C22H50OPSi+. The number of hydrogen-bond donors (Lipinski definition) is 0. The van der Waals surface area contributed by atoms with Crippen molar-refractivity contribution in [1.82, 2.24) is 0 Å². The van der Waals surface area contributed by atoms with Gasteiger partial charge in [0.05, 0.1) is 24.6 Å². The number of hydrogen-bond acceptors (Lipinski definition) is 1. The summed E-state index contributed by atoms with van der Waals surface area (Å²) in [7, 11) is -0.336. The molecule has 0 N–H and O–H groups in total.